The molecule has 0 radical (unpaired) electrons. The molecule has 1 aliphatic heterocycles. The molecule has 1 aliphatic rings. The molecule has 1 N–H and O–H groups in total. The minimum absolute atomic E-state index is 0.109. The highest BCUT2D eigenvalue weighted by Gasteiger charge is 2.31. The van der Waals surface area contributed by atoms with E-state index in [1.165, 1.54) is 6.07 Å². The van der Waals surface area contributed by atoms with E-state index in [0.717, 1.165) is 12.1 Å². The van der Waals surface area contributed by atoms with Crippen LogP contribution in [0.3, 0.4) is 0 Å². The summed E-state index contributed by atoms with van der Waals surface area (Å²) in [7, 11) is 0. The Kier molecular flexibility index (Phi) is 5.38. The lowest BCUT2D eigenvalue weighted by Gasteiger charge is -2.36. The number of halogens is 3. The minimum Gasteiger partial charge on any atom is -0.368 e. The van der Waals surface area contributed by atoms with Crippen LogP contribution in [0, 0.1) is 5.92 Å². The van der Waals surface area contributed by atoms with Gasteiger partial charge in [0.15, 0.2) is 0 Å². The number of benzene rings is 1. The molecule has 1 heterocycles. The number of urea groups is 1. The number of hydrogen-bond donors (Lipinski definition) is 1. The molecular formula is C16H22F3N3O. The third-order valence-corrected chi connectivity index (χ3v) is 3.77. The van der Waals surface area contributed by atoms with E-state index in [1.807, 2.05) is 18.7 Å². The number of anilines is 1. The number of alkyl halides is 3. The van der Waals surface area contributed by atoms with Crippen LogP contribution in [0.25, 0.3) is 0 Å². The number of piperazine rings is 1. The van der Waals surface area contributed by atoms with Crippen molar-refractivity contribution >= 4 is 11.7 Å². The van der Waals surface area contributed by atoms with Crippen molar-refractivity contribution in [3.8, 4) is 0 Å². The van der Waals surface area contributed by atoms with E-state index in [4.69, 9.17) is 0 Å². The average molecular weight is 329 g/mol. The molecule has 2 amide bonds. The average Bonchev–Trinajstić information content (AvgIpc) is 2.52. The van der Waals surface area contributed by atoms with Crippen molar-refractivity contribution in [3.63, 3.8) is 0 Å². The number of hydrogen-bond acceptors (Lipinski definition) is 2. The van der Waals surface area contributed by atoms with Gasteiger partial charge >= 0.3 is 12.2 Å². The predicted octanol–water partition coefficient (Wildman–Crippen LogP) is 3.19. The minimum atomic E-state index is -4.34. The first-order valence-corrected chi connectivity index (χ1v) is 7.72. The molecule has 0 spiro atoms. The summed E-state index contributed by atoms with van der Waals surface area (Å²) in [5.41, 5.74) is -0.103. The Balaban J connectivity index is 1.93. The standard InChI is InChI=1S/C16H22F3N3O/c1-12(2)11-20-15(23)22-8-6-21(7-9-22)14-5-3-4-13(10-14)16(17,18)19/h3-5,10,12H,6-9,11H2,1-2H3,(H,20,23). The van der Waals surface area contributed by atoms with Gasteiger partial charge < -0.3 is 15.1 Å². The van der Waals surface area contributed by atoms with Gasteiger partial charge in [0.25, 0.3) is 0 Å². The van der Waals surface area contributed by atoms with Gasteiger partial charge in [-0.15, -0.1) is 0 Å². The van der Waals surface area contributed by atoms with Crippen LogP contribution in [-0.4, -0.2) is 43.7 Å². The number of amides is 2. The van der Waals surface area contributed by atoms with Crippen LogP contribution < -0.4 is 10.2 Å². The van der Waals surface area contributed by atoms with E-state index in [-0.39, 0.29) is 6.03 Å². The van der Waals surface area contributed by atoms with Gasteiger partial charge in [0.2, 0.25) is 0 Å². The summed E-state index contributed by atoms with van der Waals surface area (Å²) >= 11 is 0. The van der Waals surface area contributed by atoms with Crippen molar-refractivity contribution in [2.75, 3.05) is 37.6 Å². The van der Waals surface area contributed by atoms with Gasteiger partial charge in [-0.2, -0.15) is 13.2 Å². The van der Waals surface area contributed by atoms with Crippen LogP contribution >= 0.6 is 0 Å². The van der Waals surface area contributed by atoms with Crippen molar-refractivity contribution in [2.24, 2.45) is 5.92 Å². The van der Waals surface area contributed by atoms with Crippen LogP contribution in [0.1, 0.15) is 19.4 Å². The summed E-state index contributed by atoms with van der Waals surface area (Å²) in [6.45, 7) is 6.71. The monoisotopic (exact) mass is 329 g/mol. The highest BCUT2D eigenvalue weighted by atomic mass is 19.4. The van der Waals surface area contributed by atoms with Gasteiger partial charge in [-0.1, -0.05) is 19.9 Å². The molecule has 128 valence electrons. The summed E-state index contributed by atoms with van der Waals surface area (Å²) in [4.78, 5) is 15.6. The molecular weight excluding hydrogens is 307 g/mol. The summed E-state index contributed by atoms with van der Waals surface area (Å²) in [6, 6.07) is 5.21. The molecule has 2 rings (SSSR count). The maximum absolute atomic E-state index is 12.8. The zero-order valence-electron chi connectivity index (χ0n) is 13.4. The Morgan fingerprint density at radius 2 is 1.87 bits per heavy atom. The van der Waals surface area contributed by atoms with Crippen LogP contribution in [-0.2, 0) is 6.18 Å². The Hall–Kier alpha value is -1.92. The molecule has 1 saturated heterocycles. The molecule has 23 heavy (non-hydrogen) atoms. The van der Waals surface area contributed by atoms with Gasteiger partial charge in [-0.25, -0.2) is 4.79 Å². The zero-order valence-corrected chi connectivity index (χ0v) is 13.4. The predicted molar refractivity (Wildman–Crippen MR) is 83.5 cm³/mol. The maximum atomic E-state index is 12.8. The lowest BCUT2D eigenvalue weighted by atomic mass is 10.1. The Labute approximate surface area is 134 Å². The zero-order chi connectivity index (χ0) is 17.0. The molecule has 1 fully saturated rings. The third kappa shape index (κ3) is 4.77. The number of carbonyl (C=O) groups excluding carboxylic acids is 1. The second kappa shape index (κ2) is 7.10. The Morgan fingerprint density at radius 1 is 1.22 bits per heavy atom. The highest BCUT2D eigenvalue weighted by molar-refractivity contribution is 5.74. The van der Waals surface area contributed by atoms with Gasteiger partial charge in [0.05, 0.1) is 5.56 Å². The summed E-state index contributed by atoms with van der Waals surface area (Å²) in [5, 5.41) is 2.86. The normalized spacial score (nSPS) is 15.9. The summed E-state index contributed by atoms with van der Waals surface area (Å²) in [5.74, 6) is 0.380. The van der Waals surface area contributed by atoms with E-state index in [9.17, 15) is 18.0 Å². The molecule has 7 heteroatoms. The molecule has 0 unspecified atom stereocenters. The van der Waals surface area contributed by atoms with Gasteiger partial charge in [-0.05, 0) is 24.1 Å². The molecule has 0 bridgehead atoms. The largest absolute Gasteiger partial charge is 0.416 e. The van der Waals surface area contributed by atoms with Crippen molar-refractivity contribution in [2.45, 2.75) is 20.0 Å². The molecule has 0 atom stereocenters. The van der Waals surface area contributed by atoms with Crippen molar-refractivity contribution in [1.29, 1.82) is 0 Å². The number of rotatable bonds is 3. The molecule has 0 aromatic heterocycles. The van der Waals surface area contributed by atoms with E-state index in [2.05, 4.69) is 5.32 Å². The van der Waals surface area contributed by atoms with Crippen LogP contribution in [0.15, 0.2) is 24.3 Å². The molecule has 4 nitrogen and oxygen atoms in total. The number of nitrogens with zero attached hydrogens (tertiary/aromatic N) is 2. The fourth-order valence-corrected chi connectivity index (χ4v) is 2.45. The van der Waals surface area contributed by atoms with Gasteiger partial charge in [0.1, 0.15) is 0 Å². The SMILES string of the molecule is CC(C)CNC(=O)N1CCN(c2cccc(C(F)(F)F)c2)CC1. The summed E-state index contributed by atoms with van der Waals surface area (Å²) in [6.07, 6.45) is -4.34. The van der Waals surface area contributed by atoms with Crippen LogP contribution in [0.5, 0.6) is 0 Å². The summed E-state index contributed by atoms with van der Waals surface area (Å²) < 4.78 is 38.3. The molecule has 0 saturated carbocycles. The highest BCUT2D eigenvalue weighted by Crippen LogP contribution is 2.31. The van der Waals surface area contributed by atoms with E-state index in [0.29, 0.717) is 44.3 Å². The quantitative estimate of drug-likeness (QED) is 0.924. The third-order valence-electron chi connectivity index (χ3n) is 3.77. The van der Waals surface area contributed by atoms with Crippen LogP contribution in [0.4, 0.5) is 23.7 Å². The van der Waals surface area contributed by atoms with E-state index >= 15 is 0 Å². The Morgan fingerprint density at radius 3 is 2.43 bits per heavy atom. The maximum Gasteiger partial charge on any atom is 0.416 e. The Bertz CT molecular complexity index is 538. The first-order valence-electron chi connectivity index (χ1n) is 7.72. The molecule has 1 aromatic rings. The van der Waals surface area contributed by atoms with Crippen molar-refractivity contribution < 1.29 is 18.0 Å². The fraction of sp³-hybridized carbons (Fsp3) is 0.562. The second-order valence-corrected chi connectivity index (χ2v) is 6.10. The smallest absolute Gasteiger partial charge is 0.368 e. The first kappa shape index (κ1) is 17.4. The molecule has 1 aromatic carbocycles. The van der Waals surface area contributed by atoms with Crippen LogP contribution in [0.2, 0.25) is 0 Å². The first-order chi connectivity index (χ1) is 10.8. The van der Waals surface area contributed by atoms with Gasteiger partial charge in [0, 0.05) is 38.4 Å². The van der Waals surface area contributed by atoms with Crippen molar-refractivity contribution in [3.05, 3.63) is 29.8 Å². The van der Waals surface area contributed by atoms with E-state index in [1.54, 1.807) is 11.0 Å². The second-order valence-electron chi connectivity index (χ2n) is 6.10. The fourth-order valence-electron chi connectivity index (χ4n) is 2.45. The number of carbonyl (C=O) groups is 1. The lowest BCUT2D eigenvalue weighted by Crippen LogP contribution is -2.52. The van der Waals surface area contributed by atoms with Crippen molar-refractivity contribution in [1.82, 2.24) is 10.2 Å². The topological polar surface area (TPSA) is 35.6 Å². The number of nitrogens with one attached hydrogen (secondary N) is 1. The van der Waals surface area contributed by atoms with E-state index < -0.39 is 11.7 Å². The molecule has 0 aliphatic carbocycles. The van der Waals surface area contributed by atoms with Gasteiger partial charge in [-0.3, -0.25) is 0 Å². The lowest BCUT2D eigenvalue weighted by molar-refractivity contribution is -0.137.